The summed E-state index contributed by atoms with van der Waals surface area (Å²) in [6, 6.07) is 9.47. The summed E-state index contributed by atoms with van der Waals surface area (Å²) >= 11 is 1.31. The van der Waals surface area contributed by atoms with Crippen molar-refractivity contribution in [2.24, 2.45) is 12.8 Å². The van der Waals surface area contributed by atoms with Gasteiger partial charge in [0.25, 0.3) is 11.8 Å². The monoisotopic (exact) mass is 341 g/mol. The molecule has 0 fully saturated rings. The fraction of sp³-hybridized carbons (Fsp3) is 0.125. The van der Waals surface area contributed by atoms with Crippen LogP contribution in [0.2, 0.25) is 0 Å². The average molecular weight is 341 g/mol. The van der Waals surface area contributed by atoms with E-state index in [4.69, 9.17) is 5.73 Å². The number of nitrogens with zero attached hydrogens (tertiary/aromatic N) is 3. The van der Waals surface area contributed by atoms with E-state index in [1.165, 1.54) is 22.2 Å². The standard InChI is InChI=1S/C16H15N5O2S/c1-9-12(10-6-4-3-5-7-10)13(14(17)22)16(24-9)19-15(23)11-8-18-20-21(11)2/h3-8H,1-2H3,(H2,17,22)(H,19,23). The van der Waals surface area contributed by atoms with Gasteiger partial charge in [0.2, 0.25) is 0 Å². The third kappa shape index (κ3) is 2.79. The van der Waals surface area contributed by atoms with Crippen LogP contribution in [0.3, 0.4) is 0 Å². The molecule has 3 N–H and O–H groups in total. The van der Waals surface area contributed by atoms with Crippen LogP contribution in [0.15, 0.2) is 36.5 Å². The van der Waals surface area contributed by atoms with Gasteiger partial charge >= 0.3 is 0 Å². The van der Waals surface area contributed by atoms with Gasteiger partial charge in [0.05, 0.1) is 11.8 Å². The minimum atomic E-state index is -0.586. The third-order valence-corrected chi connectivity index (χ3v) is 4.59. The lowest BCUT2D eigenvalue weighted by Gasteiger charge is -2.06. The third-order valence-electron chi connectivity index (χ3n) is 3.57. The van der Waals surface area contributed by atoms with Crippen molar-refractivity contribution in [2.75, 3.05) is 5.32 Å². The highest BCUT2D eigenvalue weighted by Gasteiger charge is 2.23. The molecule has 0 bridgehead atoms. The van der Waals surface area contributed by atoms with E-state index < -0.39 is 11.8 Å². The highest BCUT2D eigenvalue weighted by atomic mass is 32.1. The lowest BCUT2D eigenvalue weighted by atomic mass is 10.0. The number of thiophene rings is 1. The summed E-state index contributed by atoms with van der Waals surface area (Å²) in [5.41, 5.74) is 7.80. The molecule has 2 amide bonds. The molecule has 8 heteroatoms. The number of aryl methyl sites for hydroxylation is 2. The highest BCUT2D eigenvalue weighted by Crippen LogP contribution is 2.39. The number of aromatic nitrogens is 3. The molecule has 0 saturated heterocycles. The zero-order valence-electron chi connectivity index (χ0n) is 13.1. The maximum atomic E-state index is 12.4. The van der Waals surface area contributed by atoms with E-state index >= 15 is 0 Å². The minimum absolute atomic E-state index is 0.290. The molecule has 0 saturated carbocycles. The lowest BCUT2D eigenvalue weighted by molar-refractivity contribution is 0.100. The summed E-state index contributed by atoms with van der Waals surface area (Å²) < 4.78 is 1.36. The number of amides is 2. The van der Waals surface area contributed by atoms with Crippen molar-refractivity contribution >= 4 is 28.2 Å². The smallest absolute Gasteiger partial charge is 0.276 e. The molecular weight excluding hydrogens is 326 g/mol. The molecule has 3 rings (SSSR count). The number of hydrogen-bond donors (Lipinski definition) is 2. The second-order valence-corrected chi connectivity index (χ2v) is 6.39. The number of primary amides is 1. The van der Waals surface area contributed by atoms with Crippen LogP contribution in [-0.4, -0.2) is 26.8 Å². The molecule has 2 aromatic heterocycles. The highest BCUT2D eigenvalue weighted by molar-refractivity contribution is 7.17. The summed E-state index contributed by atoms with van der Waals surface area (Å²) in [4.78, 5) is 25.3. The number of rotatable bonds is 4. The predicted molar refractivity (Wildman–Crippen MR) is 92.0 cm³/mol. The average Bonchev–Trinajstić information content (AvgIpc) is 3.11. The SMILES string of the molecule is Cc1sc(NC(=O)c2cnnn2C)c(C(N)=O)c1-c1ccccc1. The first-order chi connectivity index (χ1) is 11.5. The number of benzene rings is 1. The Morgan fingerprint density at radius 3 is 2.54 bits per heavy atom. The topological polar surface area (TPSA) is 103 Å². The molecule has 24 heavy (non-hydrogen) atoms. The van der Waals surface area contributed by atoms with Crippen molar-refractivity contribution in [1.82, 2.24) is 15.0 Å². The normalized spacial score (nSPS) is 10.6. The van der Waals surface area contributed by atoms with Gasteiger partial charge in [-0.1, -0.05) is 35.5 Å². The number of nitrogens with one attached hydrogen (secondary N) is 1. The van der Waals surface area contributed by atoms with Gasteiger partial charge in [-0.2, -0.15) is 0 Å². The minimum Gasteiger partial charge on any atom is -0.365 e. The maximum Gasteiger partial charge on any atom is 0.276 e. The molecule has 1 aromatic carbocycles. The Balaban J connectivity index is 2.05. The van der Waals surface area contributed by atoms with Crippen molar-refractivity contribution < 1.29 is 9.59 Å². The summed E-state index contributed by atoms with van der Waals surface area (Å²) in [6.45, 7) is 1.89. The molecule has 2 heterocycles. The maximum absolute atomic E-state index is 12.4. The van der Waals surface area contributed by atoms with Gasteiger partial charge in [-0.15, -0.1) is 16.4 Å². The predicted octanol–water partition coefficient (Wildman–Crippen LogP) is 2.20. The molecule has 122 valence electrons. The van der Waals surface area contributed by atoms with Crippen molar-refractivity contribution in [3.63, 3.8) is 0 Å². The van der Waals surface area contributed by atoms with Crippen LogP contribution in [0.25, 0.3) is 11.1 Å². The molecule has 3 aromatic rings. The number of anilines is 1. The number of nitrogens with two attached hydrogens (primary N) is 1. The van der Waals surface area contributed by atoms with Crippen LogP contribution >= 0.6 is 11.3 Å². The molecule has 0 aliphatic rings. The van der Waals surface area contributed by atoms with Crippen LogP contribution in [0.5, 0.6) is 0 Å². The van der Waals surface area contributed by atoms with Gasteiger partial charge in [-0.25, -0.2) is 4.68 Å². The fourth-order valence-electron chi connectivity index (χ4n) is 2.48. The summed E-state index contributed by atoms with van der Waals surface area (Å²) in [5, 5.41) is 10.6. The van der Waals surface area contributed by atoms with E-state index in [9.17, 15) is 9.59 Å². The Morgan fingerprint density at radius 2 is 1.96 bits per heavy atom. The van der Waals surface area contributed by atoms with Crippen LogP contribution in [0.1, 0.15) is 25.7 Å². The Labute approximate surface area is 142 Å². The van der Waals surface area contributed by atoms with E-state index in [-0.39, 0.29) is 5.69 Å². The van der Waals surface area contributed by atoms with Gasteiger partial charge in [-0.05, 0) is 12.5 Å². The Morgan fingerprint density at radius 1 is 1.25 bits per heavy atom. The molecule has 7 nitrogen and oxygen atoms in total. The molecule has 0 unspecified atom stereocenters. The van der Waals surface area contributed by atoms with Crippen LogP contribution in [-0.2, 0) is 7.05 Å². The second-order valence-electron chi connectivity index (χ2n) is 5.16. The van der Waals surface area contributed by atoms with Crippen LogP contribution < -0.4 is 11.1 Å². The van der Waals surface area contributed by atoms with Crippen LogP contribution in [0, 0.1) is 6.92 Å². The van der Waals surface area contributed by atoms with E-state index in [0.717, 1.165) is 16.0 Å². The first kappa shape index (κ1) is 15.9. The summed E-state index contributed by atoms with van der Waals surface area (Å²) in [6.07, 6.45) is 1.36. The van der Waals surface area contributed by atoms with E-state index in [1.54, 1.807) is 7.05 Å². The largest absolute Gasteiger partial charge is 0.365 e. The van der Waals surface area contributed by atoms with Crippen molar-refractivity contribution in [3.8, 4) is 11.1 Å². The van der Waals surface area contributed by atoms with Gasteiger partial charge in [0.15, 0.2) is 0 Å². The Hall–Kier alpha value is -3.00. The molecule has 0 atom stereocenters. The van der Waals surface area contributed by atoms with Crippen molar-refractivity contribution in [3.05, 3.63) is 52.7 Å². The molecule has 0 aliphatic carbocycles. The zero-order chi connectivity index (χ0) is 17.3. The first-order valence-electron chi connectivity index (χ1n) is 7.13. The van der Waals surface area contributed by atoms with Gasteiger partial charge in [0, 0.05) is 17.5 Å². The fourth-order valence-corrected chi connectivity index (χ4v) is 3.56. The second kappa shape index (κ2) is 6.25. The lowest BCUT2D eigenvalue weighted by Crippen LogP contribution is -2.19. The number of hydrogen-bond acceptors (Lipinski definition) is 5. The van der Waals surface area contributed by atoms with Crippen molar-refractivity contribution in [1.29, 1.82) is 0 Å². The van der Waals surface area contributed by atoms with Gasteiger partial charge in [-0.3, -0.25) is 9.59 Å². The molecule has 0 spiro atoms. The Kier molecular flexibility index (Phi) is 4.13. The van der Waals surface area contributed by atoms with E-state index in [1.807, 2.05) is 37.3 Å². The molecular formula is C16H15N5O2S. The molecule has 0 radical (unpaired) electrons. The zero-order valence-corrected chi connectivity index (χ0v) is 13.9. The van der Waals surface area contributed by atoms with Crippen LogP contribution in [0.4, 0.5) is 5.00 Å². The first-order valence-corrected chi connectivity index (χ1v) is 7.95. The number of carbonyl (C=O) groups is 2. The van der Waals surface area contributed by atoms with Gasteiger partial charge in [0.1, 0.15) is 10.7 Å². The van der Waals surface area contributed by atoms with E-state index in [0.29, 0.717) is 10.6 Å². The molecule has 0 aliphatic heterocycles. The number of carbonyl (C=O) groups excluding carboxylic acids is 2. The summed E-state index contributed by atoms with van der Waals surface area (Å²) in [7, 11) is 1.62. The van der Waals surface area contributed by atoms with Crippen molar-refractivity contribution in [2.45, 2.75) is 6.92 Å². The van der Waals surface area contributed by atoms with Gasteiger partial charge < -0.3 is 11.1 Å². The van der Waals surface area contributed by atoms with E-state index in [2.05, 4.69) is 15.6 Å². The summed E-state index contributed by atoms with van der Waals surface area (Å²) in [5.74, 6) is -0.984. The Bertz CT molecular complexity index is 914. The quantitative estimate of drug-likeness (QED) is 0.759.